The molecule has 0 saturated carbocycles. The van der Waals surface area contributed by atoms with Gasteiger partial charge in [-0.25, -0.2) is 0 Å². The van der Waals surface area contributed by atoms with E-state index in [2.05, 4.69) is 4.90 Å². The van der Waals surface area contributed by atoms with Crippen LogP contribution < -0.4 is 5.11 Å². The zero-order valence-corrected chi connectivity index (χ0v) is 19.4. The summed E-state index contributed by atoms with van der Waals surface area (Å²) in [7, 11) is 0. The van der Waals surface area contributed by atoms with E-state index in [9.17, 15) is 30.6 Å². The van der Waals surface area contributed by atoms with Crippen LogP contribution >= 0.6 is 0 Å². The van der Waals surface area contributed by atoms with E-state index in [1.807, 2.05) is 40.1 Å². The van der Waals surface area contributed by atoms with E-state index < -0.39 is 44.1 Å². The van der Waals surface area contributed by atoms with E-state index in [1.54, 1.807) is 0 Å². The smallest absolute Gasteiger partial charge is 0.853 e. The van der Waals surface area contributed by atoms with Crippen molar-refractivity contribution < 1.29 is 53.2 Å². The Bertz CT molecular complexity index is 560. The Morgan fingerprint density at radius 2 is 1.22 bits per heavy atom. The first-order chi connectivity index (χ1) is 14.5. The Morgan fingerprint density at radius 3 is 1.69 bits per heavy atom. The largest absolute Gasteiger partial charge is 6.00 e. The molecular weight excluding hydrogens is 462 g/mol. The molecule has 0 aromatic heterocycles. The minimum atomic E-state index is -1.13. The predicted octanol–water partition coefficient (Wildman–Crippen LogP) is -3.92. The first kappa shape index (κ1) is 31.3. The van der Waals surface area contributed by atoms with Gasteiger partial charge in [-0.2, -0.15) is 0 Å². The molecule has 11 heteroatoms. The molecule has 32 heavy (non-hydrogen) atoms. The zero-order valence-electron chi connectivity index (χ0n) is 18.3. The zero-order chi connectivity index (χ0) is 21.9. The first-order valence-corrected chi connectivity index (χ1v) is 10.5. The molecule has 1 heterocycles. The van der Waals surface area contributed by atoms with E-state index in [4.69, 9.17) is 0 Å². The molecular formula is C21H38FeN3O7+5. The van der Waals surface area contributed by atoms with Crippen molar-refractivity contribution in [2.75, 3.05) is 65.7 Å². The summed E-state index contributed by atoms with van der Waals surface area (Å²) in [5.74, 6) is 0. The summed E-state index contributed by atoms with van der Waals surface area (Å²) >= 11 is 0. The summed E-state index contributed by atoms with van der Waals surface area (Å²) in [4.78, 5) is 6.03. The molecule has 0 amide bonds. The third kappa shape index (κ3) is 9.30. The van der Waals surface area contributed by atoms with Crippen LogP contribution in [0, 0.1) is 0 Å². The quantitative estimate of drug-likeness (QED) is 0.202. The van der Waals surface area contributed by atoms with Crippen molar-refractivity contribution in [1.29, 1.82) is 0 Å². The Balaban J connectivity index is 0.00000480. The average molecular weight is 500 g/mol. The second kappa shape index (κ2) is 16.9. The fourth-order valence-electron chi connectivity index (χ4n) is 3.98. The molecule has 1 saturated heterocycles. The van der Waals surface area contributed by atoms with Gasteiger partial charge in [-0.15, -0.1) is 6.61 Å². The fourth-order valence-corrected chi connectivity index (χ4v) is 3.98. The summed E-state index contributed by atoms with van der Waals surface area (Å²) in [6, 6.07) is 8.67. The summed E-state index contributed by atoms with van der Waals surface area (Å²) in [5, 5.41) is 60.5. The Hall–Kier alpha value is -0.661. The molecule has 0 radical (unpaired) electrons. The van der Waals surface area contributed by atoms with Crippen molar-refractivity contribution in [2.24, 2.45) is 0 Å². The normalized spacial score (nSPS) is 20.6. The maximum atomic E-state index is 11.8. The van der Waals surface area contributed by atoms with Crippen LogP contribution in [0.25, 0.3) is 0 Å². The number of benzene rings is 1. The maximum absolute atomic E-state index is 11.8. The summed E-state index contributed by atoms with van der Waals surface area (Å²) in [6.07, 6.45) is -2.21. The minimum Gasteiger partial charge on any atom is -0.853 e. The molecule has 1 aliphatic rings. The minimum absolute atomic E-state index is 0. The second-order valence-corrected chi connectivity index (χ2v) is 7.82. The van der Waals surface area contributed by atoms with Crippen molar-refractivity contribution in [3.05, 3.63) is 35.9 Å². The van der Waals surface area contributed by atoms with Crippen LogP contribution in [0.5, 0.6) is 0 Å². The first-order valence-electron chi connectivity index (χ1n) is 10.5. The molecule has 1 aromatic carbocycles. The SMILES string of the molecule is O.[Fe+6].[O-]C[C@H]([C@H](O)CO)N1CCN(Cc2ccccc2)CCN([C@H](CO)[C@H](O)CO)CC1. The molecule has 1 aromatic rings. The van der Waals surface area contributed by atoms with Gasteiger partial charge in [0.15, 0.2) is 0 Å². The molecule has 7 N–H and O–H groups in total. The van der Waals surface area contributed by atoms with Gasteiger partial charge in [0, 0.05) is 51.9 Å². The fraction of sp³-hybridized carbons (Fsp3) is 0.714. The van der Waals surface area contributed by atoms with E-state index in [0.717, 1.165) is 5.56 Å². The van der Waals surface area contributed by atoms with Crippen LogP contribution in [0.2, 0.25) is 0 Å². The number of aliphatic hydroxyl groups excluding tert-OH is 5. The third-order valence-electron chi connectivity index (χ3n) is 5.89. The standard InChI is InChI=1S/C21H36N3O6.Fe.H2O/c25-13-18(20(29)15-27)23-8-6-22(12-17-4-2-1-3-5-17)7-9-24(11-10-23)19(14-26)21(30)16-28;;/h1-5,18-21,25,27-30H,6-16H2;;1H2/q-1;+6;/t18-,19-,20-,21-;;/m1../s1. The number of hydrogen-bond donors (Lipinski definition) is 5. The maximum Gasteiger partial charge on any atom is 6.00 e. The van der Waals surface area contributed by atoms with Crippen molar-refractivity contribution in [2.45, 2.75) is 30.8 Å². The van der Waals surface area contributed by atoms with Crippen LogP contribution in [0.15, 0.2) is 30.3 Å². The number of aliphatic hydroxyl groups is 5. The van der Waals surface area contributed by atoms with Crippen LogP contribution in [0.4, 0.5) is 0 Å². The van der Waals surface area contributed by atoms with Crippen LogP contribution in [0.3, 0.4) is 0 Å². The molecule has 182 valence electrons. The Labute approximate surface area is 200 Å². The number of rotatable bonds is 10. The molecule has 4 atom stereocenters. The van der Waals surface area contributed by atoms with Gasteiger partial charge >= 0.3 is 17.1 Å². The molecule has 10 nitrogen and oxygen atoms in total. The second-order valence-electron chi connectivity index (χ2n) is 7.82. The van der Waals surface area contributed by atoms with Gasteiger partial charge in [-0.3, -0.25) is 14.7 Å². The van der Waals surface area contributed by atoms with E-state index in [-0.39, 0.29) is 29.2 Å². The van der Waals surface area contributed by atoms with E-state index in [0.29, 0.717) is 45.8 Å². The van der Waals surface area contributed by atoms with Crippen molar-refractivity contribution in [1.82, 2.24) is 14.7 Å². The van der Waals surface area contributed by atoms with Gasteiger partial charge in [-0.05, 0) is 5.56 Å². The topological polar surface area (TPSA) is 165 Å². The number of hydrogen-bond acceptors (Lipinski definition) is 9. The van der Waals surface area contributed by atoms with Crippen LogP contribution in [-0.2, 0) is 23.6 Å². The van der Waals surface area contributed by atoms with Gasteiger partial charge < -0.3 is 36.1 Å². The molecule has 2 rings (SSSR count). The molecule has 0 aliphatic carbocycles. The summed E-state index contributed by atoms with van der Waals surface area (Å²) in [6.45, 7) is 2.31. The van der Waals surface area contributed by atoms with Crippen molar-refractivity contribution >= 4 is 0 Å². The Kier molecular flexibility index (Phi) is 16.5. The Morgan fingerprint density at radius 1 is 0.750 bits per heavy atom. The van der Waals surface area contributed by atoms with Gasteiger partial charge in [0.1, 0.15) is 0 Å². The molecule has 0 bridgehead atoms. The van der Waals surface area contributed by atoms with E-state index >= 15 is 0 Å². The van der Waals surface area contributed by atoms with Gasteiger partial charge in [0.25, 0.3) is 0 Å². The average Bonchev–Trinajstić information content (AvgIpc) is 2.87. The summed E-state index contributed by atoms with van der Waals surface area (Å²) in [5.41, 5.74) is 1.15. The third-order valence-corrected chi connectivity index (χ3v) is 5.89. The number of nitrogens with zero attached hydrogens (tertiary/aromatic N) is 3. The predicted molar refractivity (Wildman–Crippen MR) is 114 cm³/mol. The molecule has 0 spiro atoms. The molecule has 1 fully saturated rings. The van der Waals surface area contributed by atoms with Crippen LogP contribution in [0.1, 0.15) is 5.56 Å². The van der Waals surface area contributed by atoms with Gasteiger partial charge in [0.2, 0.25) is 0 Å². The molecule has 0 unspecified atom stereocenters. The summed E-state index contributed by atoms with van der Waals surface area (Å²) < 4.78 is 0. The van der Waals surface area contributed by atoms with Gasteiger partial charge in [0.05, 0.1) is 38.1 Å². The monoisotopic (exact) mass is 500 g/mol. The van der Waals surface area contributed by atoms with Crippen molar-refractivity contribution in [3.63, 3.8) is 0 Å². The van der Waals surface area contributed by atoms with Crippen molar-refractivity contribution in [3.8, 4) is 0 Å². The van der Waals surface area contributed by atoms with Gasteiger partial charge in [-0.1, -0.05) is 30.3 Å². The van der Waals surface area contributed by atoms with Crippen LogP contribution in [-0.4, -0.2) is 136 Å². The molecule has 1 aliphatic heterocycles. The van der Waals surface area contributed by atoms with E-state index in [1.165, 1.54) is 0 Å².